The van der Waals surface area contributed by atoms with Gasteiger partial charge in [0.25, 0.3) is 5.69 Å². The summed E-state index contributed by atoms with van der Waals surface area (Å²) in [5, 5.41) is 13.4. The lowest BCUT2D eigenvalue weighted by Gasteiger charge is -2.05. The van der Waals surface area contributed by atoms with E-state index in [1.807, 2.05) is 24.3 Å². The molecule has 124 valence electrons. The van der Waals surface area contributed by atoms with Crippen LogP contribution in [0, 0.1) is 10.1 Å². The highest BCUT2D eigenvalue weighted by atomic mass is 35.5. The van der Waals surface area contributed by atoms with E-state index in [-0.39, 0.29) is 16.6 Å². The minimum Gasteiger partial charge on any atom is -0.322 e. The second-order valence-corrected chi connectivity index (χ2v) is 5.97. The number of nitro groups is 1. The summed E-state index contributed by atoms with van der Waals surface area (Å²) in [5.41, 5.74) is 2.19. The Kier molecular flexibility index (Phi) is 5.71. The number of amides is 1. The summed E-state index contributed by atoms with van der Waals surface area (Å²) in [5.74, 6) is 0.0755. The predicted octanol–water partition coefficient (Wildman–Crippen LogP) is 5.02. The molecule has 0 atom stereocenters. The normalized spacial score (nSPS) is 11.0. The molecule has 0 aliphatic heterocycles. The van der Waals surface area contributed by atoms with Crippen molar-refractivity contribution in [3.8, 4) is 0 Å². The van der Waals surface area contributed by atoms with Crippen molar-refractivity contribution in [2.75, 3.05) is 5.32 Å². The van der Waals surface area contributed by atoms with Gasteiger partial charge in [-0.25, -0.2) is 0 Å². The summed E-state index contributed by atoms with van der Waals surface area (Å²) in [6, 6.07) is 12.0. The molecule has 0 bridgehead atoms. The molecule has 0 saturated carbocycles. The third-order valence-corrected chi connectivity index (χ3v) is 3.76. The minimum absolute atomic E-state index is 0.0267. The Labute approximate surface area is 145 Å². The molecule has 0 spiro atoms. The number of hydrogen-bond donors (Lipinski definition) is 1. The van der Waals surface area contributed by atoms with Crippen LogP contribution in [0.25, 0.3) is 6.08 Å². The highest BCUT2D eigenvalue weighted by Gasteiger charge is 2.13. The van der Waals surface area contributed by atoms with E-state index in [2.05, 4.69) is 19.2 Å². The predicted molar refractivity (Wildman–Crippen MR) is 96.3 cm³/mol. The maximum absolute atomic E-state index is 11.9. The molecule has 0 fully saturated rings. The largest absolute Gasteiger partial charge is 0.322 e. The molecule has 2 rings (SSSR count). The zero-order valence-electron chi connectivity index (χ0n) is 13.3. The van der Waals surface area contributed by atoms with Crippen LogP contribution in [0.1, 0.15) is 30.9 Å². The van der Waals surface area contributed by atoms with Crippen LogP contribution in [0.5, 0.6) is 0 Å². The zero-order valence-corrected chi connectivity index (χ0v) is 14.1. The molecular weight excluding hydrogens is 328 g/mol. The van der Waals surface area contributed by atoms with E-state index in [9.17, 15) is 14.9 Å². The first-order chi connectivity index (χ1) is 11.4. The van der Waals surface area contributed by atoms with Gasteiger partial charge >= 0.3 is 0 Å². The van der Waals surface area contributed by atoms with Gasteiger partial charge in [-0.3, -0.25) is 14.9 Å². The van der Waals surface area contributed by atoms with Crippen molar-refractivity contribution in [1.29, 1.82) is 0 Å². The van der Waals surface area contributed by atoms with Crippen LogP contribution >= 0.6 is 11.6 Å². The van der Waals surface area contributed by atoms with Crippen LogP contribution < -0.4 is 5.32 Å². The van der Waals surface area contributed by atoms with Gasteiger partial charge in [0.1, 0.15) is 5.02 Å². The average molecular weight is 345 g/mol. The molecule has 1 N–H and O–H groups in total. The molecule has 2 aromatic rings. The third kappa shape index (κ3) is 4.67. The van der Waals surface area contributed by atoms with Crippen LogP contribution in [0.15, 0.2) is 48.5 Å². The Morgan fingerprint density at radius 3 is 2.46 bits per heavy atom. The number of nitro benzene ring substituents is 1. The maximum atomic E-state index is 11.9. The van der Waals surface area contributed by atoms with Crippen LogP contribution in [0.3, 0.4) is 0 Å². The van der Waals surface area contributed by atoms with E-state index in [1.54, 1.807) is 6.08 Å². The molecule has 0 aromatic heterocycles. The van der Waals surface area contributed by atoms with Crippen molar-refractivity contribution in [2.24, 2.45) is 0 Å². The molecule has 0 unspecified atom stereocenters. The number of nitrogens with zero attached hydrogens (tertiary/aromatic N) is 1. The number of carbonyl (C=O) groups is 1. The van der Waals surface area contributed by atoms with E-state index < -0.39 is 4.92 Å². The van der Waals surface area contributed by atoms with E-state index in [1.165, 1.54) is 29.8 Å². The zero-order chi connectivity index (χ0) is 17.7. The topological polar surface area (TPSA) is 72.2 Å². The molecule has 0 aliphatic rings. The third-order valence-electron chi connectivity index (χ3n) is 3.44. The summed E-state index contributed by atoms with van der Waals surface area (Å²) < 4.78 is 0. The molecule has 5 nitrogen and oxygen atoms in total. The lowest BCUT2D eigenvalue weighted by molar-refractivity contribution is -0.384. The van der Waals surface area contributed by atoms with Crippen molar-refractivity contribution in [3.63, 3.8) is 0 Å². The molecule has 0 aliphatic carbocycles. The van der Waals surface area contributed by atoms with E-state index >= 15 is 0 Å². The van der Waals surface area contributed by atoms with Gasteiger partial charge in [0, 0.05) is 17.8 Å². The average Bonchev–Trinajstić information content (AvgIpc) is 2.55. The Balaban J connectivity index is 2.05. The van der Waals surface area contributed by atoms with Gasteiger partial charge in [0.2, 0.25) is 5.91 Å². The highest BCUT2D eigenvalue weighted by molar-refractivity contribution is 6.32. The molecule has 24 heavy (non-hydrogen) atoms. The first kappa shape index (κ1) is 17.7. The molecule has 1 amide bonds. The summed E-state index contributed by atoms with van der Waals surface area (Å²) in [6.07, 6.45) is 3.06. The van der Waals surface area contributed by atoms with E-state index in [0.29, 0.717) is 11.6 Å². The molecule has 2 aromatic carbocycles. The number of nitrogens with one attached hydrogen (secondary N) is 1. The lowest BCUT2D eigenvalue weighted by atomic mass is 10.0. The van der Waals surface area contributed by atoms with Gasteiger partial charge in [0.15, 0.2) is 0 Å². The Hall–Kier alpha value is -2.66. The van der Waals surface area contributed by atoms with Crippen molar-refractivity contribution >= 4 is 35.0 Å². The van der Waals surface area contributed by atoms with Crippen molar-refractivity contribution in [2.45, 2.75) is 19.8 Å². The first-order valence-electron chi connectivity index (χ1n) is 7.40. The summed E-state index contributed by atoms with van der Waals surface area (Å²) >= 11 is 5.74. The van der Waals surface area contributed by atoms with Gasteiger partial charge in [-0.05, 0) is 35.3 Å². The quantitative estimate of drug-likeness (QED) is 0.470. The van der Waals surface area contributed by atoms with E-state index in [0.717, 1.165) is 5.56 Å². The summed E-state index contributed by atoms with van der Waals surface area (Å²) in [6.45, 7) is 4.23. The second-order valence-electron chi connectivity index (χ2n) is 5.57. The number of hydrogen-bond acceptors (Lipinski definition) is 3. The Morgan fingerprint density at radius 1 is 1.21 bits per heavy atom. The van der Waals surface area contributed by atoms with Crippen molar-refractivity contribution in [1.82, 2.24) is 0 Å². The molecule has 0 radical (unpaired) electrons. The molecular formula is C18H17ClN2O3. The van der Waals surface area contributed by atoms with Crippen LogP contribution in [-0.4, -0.2) is 10.8 Å². The smallest absolute Gasteiger partial charge is 0.289 e. The van der Waals surface area contributed by atoms with Gasteiger partial charge in [-0.15, -0.1) is 0 Å². The maximum Gasteiger partial charge on any atom is 0.289 e. The van der Waals surface area contributed by atoms with Gasteiger partial charge < -0.3 is 5.32 Å². The van der Waals surface area contributed by atoms with E-state index in [4.69, 9.17) is 11.6 Å². The van der Waals surface area contributed by atoms with Gasteiger partial charge in [0.05, 0.1) is 4.92 Å². The fourth-order valence-electron chi connectivity index (χ4n) is 2.08. The number of carbonyl (C=O) groups excluding carboxylic acids is 1. The SMILES string of the molecule is CC(C)c1ccc(C=CC(=O)Nc2ccc(Cl)c([N+](=O)[O-])c2)cc1. The number of benzene rings is 2. The first-order valence-corrected chi connectivity index (χ1v) is 7.77. The molecule has 6 heteroatoms. The second kappa shape index (κ2) is 7.75. The van der Waals surface area contributed by atoms with Crippen LogP contribution in [-0.2, 0) is 4.79 Å². The molecule has 0 heterocycles. The minimum atomic E-state index is -0.593. The highest BCUT2D eigenvalue weighted by Crippen LogP contribution is 2.27. The monoisotopic (exact) mass is 344 g/mol. The Morgan fingerprint density at radius 2 is 1.88 bits per heavy atom. The number of halogens is 1. The van der Waals surface area contributed by atoms with Crippen LogP contribution in [0.2, 0.25) is 5.02 Å². The number of rotatable bonds is 5. The summed E-state index contributed by atoms with van der Waals surface area (Å²) in [4.78, 5) is 22.2. The van der Waals surface area contributed by atoms with Gasteiger partial charge in [-0.2, -0.15) is 0 Å². The Bertz CT molecular complexity index is 783. The fraction of sp³-hybridized carbons (Fsp3) is 0.167. The standard InChI is InChI=1S/C18H17ClN2O3/c1-12(2)14-6-3-13(4-7-14)5-10-18(22)20-15-8-9-16(19)17(11-15)21(23)24/h3-12H,1-2H3,(H,20,22). The van der Waals surface area contributed by atoms with Crippen molar-refractivity contribution in [3.05, 3.63) is 74.8 Å². The lowest BCUT2D eigenvalue weighted by Crippen LogP contribution is -2.08. The van der Waals surface area contributed by atoms with Crippen LogP contribution in [0.4, 0.5) is 11.4 Å². The molecule has 0 saturated heterocycles. The fourth-order valence-corrected chi connectivity index (χ4v) is 2.26. The summed E-state index contributed by atoms with van der Waals surface area (Å²) in [7, 11) is 0. The number of anilines is 1. The van der Waals surface area contributed by atoms with Crippen molar-refractivity contribution < 1.29 is 9.72 Å². The van der Waals surface area contributed by atoms with Gasteiger partial charge in [-0.1, -0.05) is 49.7 Å².